The Morgan fingerprint density at radius 1 is 1.00 bits per heavy atom. The molecule has 1 saturated heterocycles. The molecule has 12 heteroatoms. The van der Waals surface area contributed by atoms with E-state index in [1.807, 2.05) is 24.3 Å². The zero-order valence-corrected chi connectivity index (χ0v) is 21.2. The van der Waals surface area contributed by atoms with Crippen LogP contribution in [0.5, 0.6) is 11.5 Å². The number of amidine groups is 1. The number of urea groups is 1. The predicted molar refractivity (Wildman–Crippen MR) is 138 cm³/mol. The summed E-state index contributed by atoms with van der Waals surface area (Å²) in [6.45, 7) is 0. The van der Waals surface area contributed by atoms with Crippen LogP contribution in [-0.2, 0) is 4.79 Å². The molecule has 0 aliphatic carbocycles. The van der Waals surface area contributed by atoms with Crippen LogP contribution < -0.4 is 19.6 Å². The highest BCUT2D eigenvalue weighted by Gasteiger charge is 2.50. The number of rotatable bonds is 3. The number of fused-ring (bicyclic) bond motifs is 4. The van der Waals surface area contributed by atoms with Gasteiger partial charge in [-0.2, -0.15) is 0 Å². The molecule has 2 aromatic carbocycles. The van der Waals surface area contributed by atoms with Gasteiger partial charge in [-0.15, -0.1) is 0 Å². The van der Waals surface area contributed by atoms with Gasteiger partial charge in [-0.25, -0.2) is 19.2 Å². The molecule has 3 amide bonds. The SMILES string of the molecule is COc1cc(/C=c2/sc3nc4ccccc4n3c2=O)ccc1OC1=N[C@@H]2[C@@H](C(=O)N(C)C(=O)N2C)N1C. The molecule has 4 heterocycles. The lowest BCUT2D eigenvalue weighted by molar-refractivity contribution is -0.135. The number of methoxy groups -OCH3 is 1. The molecule has 0 bridgehead atoms. The third kappa shape index (κ3) is 3.44. The van der Waals surface area contributed by atoms with Gasteiger partial charge in [-0.1, -0.05) is 29.5 Å². The Bertz CT molecular complexity index is 1740. The van der Waals surface area contributed by atoms with Crippen molar-refractivity contribution in [3.8, 4) is 11.5 Å². The smallest absolute Gasteiger partial charge is 0.328 e. The molecule has 2 aliphatic rings. The summed E-state index contributed by atoms with van der Waals surface area (Å²) >= 11 is 1.32. The van der Waals surface area contributed by atoms with E-state index in [0.717, 1.165) is 21.5 Å². The van der Waals surface area contributed by atoms with Crippen molar-refractivity contribution < 1.29 is 19.1 Å². The fourth-order valence-electron chi connectivity index (χ4n) is 4.65. The molecule has 2 atom stereocenters. The summed E-state index contributed by atoms with van der Waals surface area (Å²) < 4.78 is 13.7. The van der Waals surface area contributed by atoms with E-state index in [2.05, 4.69) is 9.98 Å². The van der Waals surface area contributed by atoms with Crippen molar-refractivity contribution >= 4 is 51.4 Å². The van der Waals surface area contributed by atoms with Gasteiger partial charge in [-0.3, -0.25) is 14.5 Å². The molecule has 11 nitrogen and oxygen atoms in total. The number of aromatic nitrogens is 2. The van der Waals surface area contributed by atoms with Gasteiger partial charge in [0, 0.05) is 21.1 Å². The maximum Gasteiger partial charge on any atom is 0.328 e. The van der Waals surface area contributed by atoms with Gasteiger partial charge in [-0.05, 0) is 35.9 Å². The normalized spacial score (nSPS) is 20.3. The highest BCUT2D eigenvalue weighted by atomic mass is 32.1. The summed E-state index contributed by atoms with van der Waals surface area (Å²) in [5.74, 6) is 0.457. The lowest BCUT2D eigenvalue weighted by Gasteiger charge is -2.38. The molecule has 0 spiro atoms. The first kappa shape index (κ1) is 23.0. The van der Waals surface area contributed by atoms with Gasteiger partial charge in [0.2, 0.25) is 0 Å². The monoisotopic (exact) mass is 518 g/mol. The number of ether oxygens (including phenoxy) is 2. The largest absolute Gasteiger partial charge is 0.493 e. The van der Waals surface area contributed by atoms with Crippen LogP contribution in [0.25, 0.3) is 22.1 Å². The van der Waals surface area contributed by atoms with Crippen LogP contribution in [-0.4, -0.2) is 82.5 Å². The van der Waals surface area contributed by atoms with Gasteiger partial charge < -0.3 is 19.3 Å². The number of carbonyl (C=O) groups is 2. The molecule has 0 radical (unpaired) electrons. The number of likely N-dealkylation sites (N-methyl/N-ethyl adjacent to an activating group) is 3. The van der Waals surface area contributed by atoms with Gasteiger partial charge >= 0.3 is 6.03 Å². The molecule has 37 heavy (non-hydrogen) atoms. The maximum atomic E-state index is 13.1. The minimum Gasteiger partial charge on any atom is -0.493 e. The first-order valence-corrected chi connectivity index (χ1v) is 12.2. The van der Waals surface area contributed by atoms with Gasteiger partial charge in [0.05, 0.1) is 22.7 Å². The van der Waals surface area contributed by atoms with Crippen LogP contribution in [0.2, 0.25) is 0 Å². The molecule has 1 fully saturated rings. The number of thiazole rings is 1. The molecule has 4 aromatic rings. The highest BCUT2D eigenvalue weighted by molar-refractivity contribution is 7.15. The van der Waals surface area contributed by atoms with Crippen LogP contribution in [0.15, 0.2) is 52.3 Å². The number of hydrogen-bond acceptors (Lipinski definition) is 9. The molecule has 2 aromatic heterocycles. The van der Waals surface area contributed by atoms with Gasteiger partial charge in [0.25, 0.3) is 17.5 Å². The number of nitrogens with zero attached hydrogens (tertiary/aromatic N) is 6. The van der Waals surface area contributed by atoms with E-state index >= 15 is 0 Å². The molecule has 0 unspecified atom stereocenters. The number of imidazole rings is 1. The van der Waals surface area contributed by atoms with Crippen molar-refractivity contribution in [2.45, 2.75) is 12.2 Å². The van der Waals surface area contributed by atoms with Crippen LogP contribution >= 0.6 is 11.3 Å². The van der Waals surface area contributed by atoms with Crippen LogP contribution in [0.3, 0.4) is 0 Å². The topological polar surface area (TPSA) is 109 Å². The number of aliphatic imine (C=N–C) groups is 1. The van der Waals surface area contributed by atoms with Crippen LogP contribution in [0.1, 0.15) is 5.56 Å². The van der Waals surface area contributed by atoms with Crippen LogP contribution in [0.4, 0.5) is 4.79 Å². The zero-order chi connectivity index (χ0) is 26.0. The van der Waals surface area contributed by atoms with Crippen molar-refractivity contribution in [3.05, 3.63) is 62.9 Å². The van der Waals surface area contributed by atoms with Crippen LogP contribution in [0, 0.1) is 0 Å². The maximum absolute atomic E-state index is 13.1. The van der Waals surface area contributed by atoms with E-state index in [9.17, 15) is 14.4 Å². The average Bonchev–Trinajstić information content (AvgIpc) is 3.52. The number of hydrogen-bond donors (Lipinski definition) is 0. The second-order valence-corrected chi connectivity index (χ2v) is 9.83. The summed E-state index contributed by atoms with van der Waals surface area (Å²) in [6.07, 6.45) is 1.10. The fraction of sp³-hybridized carbons (Fsp3) is 0.240. The third-order valence-corrected chi connectivity index (χ3v) is 7.61. The van der Waals surface area contributed by atoms with E-state index in [1.165, 1.54) is 30.4 Å². The summed E-state index contributed by atoms with van der Waals surface area (Å²) in [4.78, 5) is 51.9. The van der Waals surface area contributed by atoms with E-state index in [-0.39, 0.29) is 17.5 Å². The Kier molecular flexibility index (Phi) is 5.16. The molecule has 188 valence electrons. The Hall–Kier alpha value is -4.45. The Balaban J connectivity index is 1.32. The van der Waals surface area contributed by atoms with Crippen molar-refractivity contribution in [3.63, 3.8) is 0 Å². The van der Waals surface area contributed by atoms with E-state index in [4.69, 9.17) is 9.47 Å². The number of carbonyl (C=O) groups excluding carboxylic acids is 2. The standard InChI is InChI=1S/C25H22N6O5S/c1-28-19-20(29(2)25(34)30(3)22(19)33)27-23(28)36-16-10-9-13(11-17(16)35-4)12-18-21(32)31-15-8-6-5-7-14(15)26-24(31)37-18/h5-12,19-20H,1-4H3/b18-12+/t19-,20-/m0/s1. The highest BCUT2D eigenvalue weighted by Crippen LogP contribution is 2.32. The molecule has 0 saturated carbocycles. The fourth-order valence-corrected chi connectivity index (χ4v) is 5.63. The summed E-state index contributed by atoms with van der Waals surface area (Å²) in [5, 5.41) is 0. The van der Waals surface area contributed by atoms with Crippen molar-refractivity contribution in [1.82, 2.24) is 24.1 Å². The number of amides is 3. The summed E-state index contributed by atoms with van der Waals surface area (Å²) in [5.41, 5.74) is 2.17. The van der Waals surface area contributed by atoms with Gasteiger partial charge in [0.1, 0.15) is 0 Å². The van der Waals surface area contributed by atoms with Crippen molar-refractivity contribution in [1.29, 1.82) is 0 Å². The molecular weight excluding hydrogens is 496 g/mol. The summed E-state index contributed by atoms with van der Waals surface area (Å²) in [6, 6.07) is 11.9. The molecule has 0 N–H and O–H groups in total. The van der Waals surface area contributed by atoms with E-state index in [1.54, 1.807) is 47.7 Å². The number of para-hydroxylation sites is 2. The minimum atomic E-state index is -0.681. The minimum absolute atomic E-state index is 0.133. The molecule has 2 aliphatic heterocycles. The Morgan fingerprint density at radius 2 is 1.78 bits per heavy atom. The first-order chi connectivity index (χ1) is 17.8. The molecule has 6 rings (SSSR count). The Morgan fingerprint density at radius 3 is 2.57 bits per heavy atom. The second kappa shape index (κ2) is 8.30. The van der Waals surface area contributed by atoms with Crippen molar-refractivity contribution in [2.24, 2.45) is 4.99 Å². The summed E-state index contributed by atoms with van der Waals surface area (Å²) in [7, 11) is 6.26. The quantitative estimate of drug-likeness (QED) is 0.403. The van der Waals surface area contributed by atoms with E-state index < -0.39 is 18.2 Å². The molecular formula is C25H22N6O5S. The van der Waals surface area contributed by atoms with E-state index in [0.29, 0.717) is 21.0 Å². The van der Waals surface area contributed by atoms with Crippen molar-refractivity contribution in [2.75, 3.05) is 28.3 Å². The Labute approximate surface area is 214 Å². The number of benzene rings is 2. The average molecular weight is 519 g/mol. The lowest BCUT2D eigenvalue weighted by atomic mass is 10.1. The second-order valence-electron chi connectivity index (χ2n) is 8.82. The predicted octanol–water partition coefficient (Wildman–Crippen LogP) is 1.36. The van der Waals surface area contributed by atoms with Gasteiger partial charge in [0.15, 0.2) is 28.7 Å². The third-order valence-electron chi connectivity index (χ3n) is 6.64. The zero-order valence-electron chi connectivity index (χ0n) is 20.4. The number of imide groups is 1. The first-order valence-electron chi connectivity index (χ1n) is 11.4. The lowest BCUT2D eigenvalue weighted by Crippen LogP contribution is -2.63.